The van der Waals surface area contributed by atoms with E-state index in [1.54, 1.807) is 29.9 Å². The lowest BCUT2D eigenvalue weighted by Gasteiger charge is -2.22. The van der Waals surface area contributed by atoms with Crippen LogP contribution in [0.25, 0.3) is 5.69 Å². The average Bonchev–Trinajstić information content (AvgIpc) is 3.19. The Morgan fingerprint density at radius 2 is 1.82 bits per heavy atom. The fourth-order valence-corrected chi connectivity index (χ4v) is 3.47. The fourth-order valence-electron chi connectivity index (χ4n) is 3.47. The van der Waals surface area contributed by atoms with Crippen molar-refractivity contribution in [2.45, 2.75) is 45.0 Å². The number of carbonyl (C=O) groups is 1. The summed E-state index contributed by atoms with van der Waals surface area (Å²) in [6.45, 7) is 4.58. The molecule has 6 nitrogen and oxygen atoms in total. The van der Waals surface area contributed by atoms with Crippen molar-refractivity contribution in [3.05, 3.63) is 77.1 Å². The summed E-state index contributed by atoms with van der Waals surface area (Å²) in [4.78, 5) is 11.3. The second-order valence-electron chi connectivity index (χ2n) is 8.27. The minimum atomic E-state index is -4.40. The molecule has 1 aromatic heterocycles. The Hall–Kier alpha value is -3.33. The van der Waals surface area contributed by atoms with E-state index in [1.165, 1.54) is 19.9 Å². The molecule has 2 aromatic carbocycles. The van der Waals surface area contributed by atoms with Crippen molar-refractivity contribution in [1.82, 2.24) is 15.1 Å². The summed E-state index contributed by atoms with van der Waals surface area (Å²) in [5, 5.41) is 16.8. The van der Waals surface area contributed by atoms with Gasteiger partial charge in [0.15, 0.2) is 5.60 Å². The molecule has 176 valence electrons. The number of halogens is 3. The Balaban J connectivity index is 1.82. The Labute approximate surface area is 190 Å². The van der Waals surface area contributed by atoms with Crippen LogP contribution in [0.5, 0.6) is 5.75 Å². The molecule has 9 heteroatoms. The van der Waals surface area contributed by atoms with E-state index in [4.69, 9.17) is 4.74 Å². The lowest BCUT2D eigenvalue weighted by molar-refractivity contribution is -0.152. The van der Waals surface area contributed by atoms with Crippen LogP contribution in [0.1, 0.15) is 42.3 Å². The third-order valence-corrected chi connectivity index (χ3v) is 5.41. The molecule has 3 rings (SSSR count). The van der Waals surface area contributed by atoms with Crippen LogP contribution in [0.4, 0.5) is 13.2 Å². The fraction of sp³-hybridized carbons (Fsp3) is 0.333. The van der Waals surface area contributed by atoms with Gasteiger partial charge in [-0.2, -0.15) is 18.3 Å². The molecule has 2 N–H and O–H groups in total. The molecule has 0 aliphatic heterocycles. The van der Waals surface area contributed by atoms with E-state index < -0.39 is 23.3 Å². The number of nitrogens with one attached hydrogen (secondary N) is 1. The number of hydrogen-bond acceptors (Lipinski definition) is 4. The SMILES string of the molecule is CNC(Cc1ccnn1-c1ccc(C(F)(F)F)cc1C)c1ccc(OC(C)(C)C(=O)O)cc1. The number of aromatic nitrogens is 2. The molecule has 0 bridgehead atoms. The first-order valence-electron chi connectivity index (χ1n) is 10.3. The summed E-state index contributed by atoms with van der Waals surface area (Å²) in [6.07, 6.45) is -2.26. The van der Waals surface area contributed by atoms with E-state index in [9.17, 15) is 23.1 Å². The van der Waals surface area contributed by atoms with Crippen molar-refractivity contribution in [1.29, 1.82) is 0 Å². The lowest BCUT2D eigenvalue weighted by Crippen LogP contribution is -2.37. The Morgan fingerprint density at radius 1 is 1.15 bits per heavy atom. The van der Waals surface area contributed by atoms with Crippen molar-refractivity contribution in [2.75, 3.05) is 7.05 Å². The summed E-state index contributed by atoms with van der Waals surface area (Å²) in [5.41, 5.74) is 0.768. The topological polar surface area (TPSA) is 76.4 Å². The number of aryl methyl sites for hydroxylation is 1. The molecule has 0 saturated heterocycles. The second kappa shape index (κ2) is 9.27. The Bertz CT molecular complexity index is 1120. The van der Waals surface area contributed by atoms with E-state index in [0.29, 0.717) is 23.4 Å². The number of carboxylic acids is 1. The highest BCUT2D eigenvalue weighted by atomic mass is 19.4. The highest BCUT2D eigenvalue weighted by Gasteiger charge is 2.31. The summed E-state index contributed by atoms with van der Waals surface area (Å²) in [7, 11) is 1.81. The monoisotopic (exact) mass is 461 g/mol. The number of nitrogens with zero attached hydrogens (tertiary/aromatic N) is 2. The van der Waals surface area contributed by atoms with Crippen molar-refractivity contribution in [3.63, 3.8) is 0 Å². The molecule has 0 radical (unpaired) electrons. The van der Waals surface area contributed by atoms with E-state index >= 15 is 0 Å². The molecular weight excluding hydrogens is 435 g/mol. The molecule has 0 aliphatic carbocycles. The van der Waals surface area contributed by atoms with Gasteiger partial charge in [0.1, 0.15) is 5.75 Å². The van der Waals surface area contributed by atoms with Crippen LogP contribution < -0.4 is 10.1 Å². The summed E-state index contributed by atoms with van der Waals surface area (Å²) in [6, 6.07) is 12.4. The zero-order chi connectivity index (χ0) is 24.4. The maximum Gasteiger partial charge on any atom is 0.416 e. The molecule has 0 spiro atoms. The van der Waals surface area contributed by atoms with Crippen LogP contribution in [0.15, 0.2) is 54.7 Å². The van der Waals surface area contributed by atoms with Crippen molar-refractivity contribution in [2.24, 2.45) is 0 Å². The highest BCUT2D eigenvalue weighted by molar-refractivity contribution is 5.76. The summed E-state index contributed by atoms with van der Waals surface area (Å²) >= 11 is 0. The molecule has 1 atom stereocenters. The van der Waals surface area contributed by atoms with E-state index in [0.717, 1.165) is 23.4 Å². The maximum atomic E-state index is 13.0. The summed E-state index contributed by atoms with van der Waals surface area (Å²) < 4.78 is 46.2. The van der Waals surface area contributed by atoms with Crippen molar-refractivity contribution >= 4 is 5.97 Å². The minimum Gasteiger partial charge on any atom is -0.478 e. The minimum absolute atomic E-state index is 0.114. The van der Waals surface area contributed by atoms with Crippen LogP contribution in [0, 0.1) is 6.92 Å². The van der Waals surface area contributed by atoms with Gasteiger partial charge in [-0.3, -0.25) is 0 Å². The first-order chi connectivity index (χ1) is 15.4. The number of carboxylic acid groups (broad SMARTS) is 1. The van der Waals surface area contributed by atoms with Gasteiger partial charge in [0.2, 0.25) is 0 Å². The van der Waals surface area contributed by atoms with Crippen LogP contribution in [0.3, 0.4) is 0 Å². The average molecular weight is 461 g/mol. The standard InChI is InChI=1S/C24H26F3N3O3/c1-15-13-17(24(25,26)27)7-10-21(15)30-18(11-12-29-30)14-20(28-4)16-5-8-19(9-6-16)33-23(2,3)22(31)32/h5-13,20,28H,14H2,1-4H3,(H,31,32). The molecular formula is C24H26F3N3O3. The predicted molar refractivity (Wildman–Crippen MR) is 118 cm³/mol. The number of likely N-dealkylation sites (N-methyl/N-ethyl adjacent to an activating group) is 1. The highest BCUT2D eigenvalue weighted by Crippen LogP contribution is 2.32. The number of alkyl halides is 3. The van der Waals surface area contributed by atoms with E-state index in [2.05, 4.69) is 10.4 Å². The Kier molecular flexibility index (Phi) is 6.83. The van der Waals surface area contributed by atoms with Gasteiger partial charge in [0.05, 0.1) is 11.3 Å². The quantitative estimate of drug-likeness (QED) is 0.497. The first kappa shape index (κ1) is 24.3. The maximum absolute atomic E-state index is 13.0. The lowest BCUT2D eigenvalue weighted by atomic mass is 10.0. The van der Waals surface area contributed by atoms with Crippen LogP contribution in [-0.2, 0) is 17.4 Å². The third kappa shape index (κ3) is 5.54. The zero-order valence-electron chi connectivity index (χ0n) is 18.8. The number of aliphatic carboxylic acids is 1. The third-order valence-electron chi connectivity index (χ3n) is 5.41. The molecule has 33 heavy (non-hydrogen) atoms. The smallest absolute Gasteiger partial charge is 0.416 e. The molecule has 0 saturated carbocycles. The Morgan fingerprint density at radius 3 is 2.36 bits per heavy atom. The van der Waals surface area contributed by atoms with Gasteiger partial charge >= 0.3 is 12.1 Å². The van der Waals surface area contributed by atoms with Gasteiger partial charge in [0, 0.05) is 24.4 Å². The van der Waals surface area contributed by atoms with Crippen LogP contribution >= 0.6 is 0 Å². The molecule has 0 fully saturated rings. The van der Waals surface area contributed by atoms with Gasteiger partial charge in [0.25, 0.3) is 0 Å². The normalized spacial score (nSPS) is 13.1. The molecule has 1 heterocycles. The first-order valence-corrected chi connectivity index (χ1v) is 10.3. The van der Waals surface area contributed by atoms with Gasteiger partial charge in [-0.15, -0.1) is 0 Å². The van der Waals surface area contributed by atoms with Crippen molar-refractivity contribution in [3.8, 4) is 11.4 Å². The summed E-state index contributed by atoms with van der Waals surface area (Å²) in [5.74, 6) is -0.627. The van der Waals surface area contributed by atoms with Gasteiger partial charge in [-0.25, -0.2) is 9.48 Å². The largest absolute Gasteiger partial charge is 0.478 e. The predicted octanol–water partition coefficient (Wildman–Crippen LogP) is 4.94. The van der Waals surface area contributed by atoms with Gasteiger partial charge in [-0.05, 0) is 75.3 Å². The van der Waals surface area contributed by atoms with Crippen LogP contribution in [0.2, 0.25) is 0 Å². The number of benzene rings is 2. The van der Waals surface area contributed by atoms with Crippen LogP contribution in [-0.4, -0.2) is 33.5 Å². The number of ether oxygens (including phenoxy) is 1. The zero-order valence-corrected chi connectivity index (χ0v) is 18.8. The van der Waals surface area contributed by atoms with E-state index in [1.807, 2.05) is 25.2 Å². The number of hydrogen-bond donors (Lipinski definition) is 2. The van der Waals surface area contributed by atoms with Gasteiger partial charge in [-0.1, -0.05) is 12.1 Å². The van der Waals surface area contributed by atoms with E-state index in [-0.39, 0.29) is 6.04 Å². The van der Waals surface area contributed by atoms with Crippen molar-refractivity contribution < 1.29 is 27.8 Å². The number of rotatable bonds is 8. The molecule has 3 aromatic rings. The second-order valence-corrected chi connectivity index (χ2v) is 8.27. The molecule has 0 amide bonds. The molecule has 0 aliphatic rings. The van der Waals surface area contributed by atoms with Gasteiger partial charge < -0.3 is 15.2 Å². The molecule has 1 unspecified atom stereocenters.